The maximum atomic E-state index is 11.9. The monoisotopic (exact) mass is 281 g/mol. The predicted octanol–water partition coefficient (Wildman–Crippen LogP) is 0.0333. The van der Waals surface area contributed by atoms with E-state index < -0.39 is 11.2 Å². The number of aromatic amines is 1. The second-order valence-corrected chi connectivity index (χ2v) is 5.46. The van der Waals surface area contributed by atoms with Gasteiger partial charge < -0.3 is 16.0 Å². The molecular formula is C13H23N5O2. The Morgan fingerprint density at radius 1 is 1.45 bits per heavy atom. The van der Waals surface area contributed by atoms with Crippen LogP contribution in [0.25, 0.3) is 0 Å². The Kier molecular flexibility index (Phi) is 4.17. The summed E-state index contributed by atoms with van der Waals surface area (Å²) < 4.78 is 1.36. The van der Waals surface area contributed by atoms with Crippen molar-refractivity contribution in [3.05, 3.63) is 20.8 Å². The van der Waals surface area contributed by atoms with Gasteiger partial charge in [-0.25, -0.2) is 4.79 Å². The minimum atomic E-state index is -0.461. The molecule has 2 unspecified atom stereocenters. The van der Waals surface area contributed by atoms with Crippen LogP contribution in [0.4, 0.5) is 11.5 Å². The van der Waals surface area contributed by atoms with E-state index >= 15 is 0 Å². The third kappa shape index (κ3) is 2.72. The summed E-state index contributed by atoms with van der Waals surface area (Å²) in [6.07, 6.45) is 1.89. The average Bonchev–Trinajstić information content (AvgIpc) is 2.39. The van der Waals surface area contributed by atoms with Crippen LogP contribution in [0.3, 0.4) is 0 Å². The maximum absolute atomic E-state index is 11.9. The molecule has 1 aliphatic heterocycles. The summed E-state index contributed by atoms with van der Waals surface area (Å²) in [4.78, 5) is 28.1. The molecule has 112 valence electrons. The van der Waals surface area contributed by atoms with Gasteiger partial charge in [-0.15, -0.1) is 0 Å². The molecule has 1 saturated heterocycles. The topological polar surface area (TPSA) is 96.2 Å². The fourth-order valence-electron chi connectivity index (χ4n) is 2.67. The SMILES string of the molecule is CCn1c(N)c(NC2CCN(C)C(C)C2)c(=O)[nH]c1=O. The fraction of sp³-hybridized carbons (Fsp3) is 0.692. The summed E-state index contributed by atoms with van der Waals surface area (Å²) in [7, 11) is 2.10. The van der Waals surface area contributed by atoms with Gasteiger partial charge in [0.15, 0.2) is 0 Å². The van der Waals surface area contributed by atoms with Gasteiger partial charge in [0.25, 0.3) is 5.56 Å². The van der Waals surface area contributed by atoms with Crippen molar-refractivity contribution in [2.24, 2.45) is 0 Å². The van der Waals surface area contributed by atoms with E-state index in [1.54, 1.807) is 0 Å². The molecule has 0 bridgehead atoms. The molecule has 7 heteroatoms. The van der Waals surface area contributed by atoms with Gasteiger partial charge in [0.05, 0.1) is 0 Å². The van der Waals surface area contributed by atoms with Gasteiger partial charge in [0.2, 0.25) is 0 Å². The maximum Gasteiger partial charge on any atom is 0.330 e. The first-order valence-electron chi connectivity index (χ1n) is 7.03. The van der Waals surface area contributed by atoms with Crippen LogP contribution in [0.5, 0.6) is 0 Å². The Labute approximate surface area is 117 Å². The van der Waals surface area contributed by atoms with Crippen LogP contribution in [0.15, 0.2) is 9.59 Å². The number of nitrogens with zero attached hydrogens (tertiary/aromatic N) is 2. The molecule has 1 aromatic heterocycles. The van der Waals surface area contributed by atoms with Crippen LogP contribution >= 0.6 is 0 Å². The number of anilines is 2. The Hall–Kier alpha value is -1.76. The van der Waals surface area contributed by atoms with E-state index in [4.69, 9.17) is 5.73 Å². The standard InChI is InChI=1S/C13H23N5O2/c1-4-18-11(14)10(12(19)16-13(18)20)15-9-5-6-17(3)8(2)7-9/h8-9,15H,4-7,14H2,1-3H3,(H,16,19,20). The molecule has 0 aliphatic carbocycles. The molecule has 1 aromatic rings. The Bertz CT molecular complexity index is 591. The first-order chi connectivity index (χ1) is 9.43. The highest BCUT2D eigenvalue weighted by atomic mass is 16.2. The molecule has 0 radical (unpaired) electrons. The zero-order chi connectivity index (χ0) is 14.9. The molecule has 7 nitrogen and oxygen atoms in total. The van der Waals surface area contributed by atoms with Crippen LogP contribution in [-0.2, 0) is 6.54 Å². The summed E-state index contributed by atoms with van der Waals surface area (Å²) in [6.45, 7) is 5.38. The normalized spacial score (nSPS) is 23.8. The van der Waals surface area contributed by atoms with Crippen LogP contribution in [0, 0.1) is 0 Å². The van der Waals surface area contributed by atoms with Crippen LogP contribution < -0.4 is 22.3 Å². The number of piperidine rings is 1. The van der Waals surface area contributed by atoms with Crippen molar-refractivity contribution in [1.29, 1.82) is 0 Å². The number of hydrogen-bond donors (Lipinski definition) is 3. The summed E-state index contributed by atoms with van der Waals surface area (Å²) >= 11 is 0. The Morgan fingerprint density at radius 2 is 2.15 bits per heavy atom. The predicted molar refractivity (Wildman–Crippen MR) is 80.1 cm³/mol. The summed E-state index contributed by atoms with van der Waals surface area (Å²) in [6, 6.07) is 0.658. The highest BCUT2D eigenvalue weighted by Gasteiger charge is 2.24. The van der Waals surface area contributed by atoms with Crippen molar-refractivity contribution in [3.8, 4) is 0 Å². The first-order valence-corrected chi connectivity index (χ1v) is 7.03. The summed E-state index contributed by atoms with van der Waals surface area (Å²) in [5, 5.41) is 3.22. The number of hydrogen-bond acceptors (Lipinski definition) is 5. The smallest absolute Gasteiger partial charge is 0.330 e. The fourth-order valence-corrected chi connectivity index (χ4v) is 2.67. The van der Waals surface area contributed by atoms with E-state index in [9.17, 15) is 9.59 Å². The highest BCUT2D eigenvalue weighted by Crippen LogP contribution is 2.20. The van der Waals surface area contributed by atoms with E-state index in [-0.39, 0.29) is 11.9 Å². The molecule has 1 fully saturated rings. The lowest BCUT2D eigenvalue weighted by Crippen LogP contribution is -2.44. The summed E-state index contributed by atoms with van der Waals surface area (Å²) in [5.41, 5.74) is 5.36. The van der Waals surface area contributed by atoms with E-state index in [1.807, 2.05) is 6.92 Å². The first kappa shape index (κ1) is 14.6. The van der Waals surface area contributed by atoms with Crippen molar-refractivity contribution in [2.75, 3.05) is 24.6 Å². The molecule has 2 heterocycles. The average molecular weight is 281 g/mol. The third-order valence-electron chi connectivity index (χ3n) is 4.11. The Morgan fingerprint density at radius 3 is 2.75 bits per heavy atom. The van der Waals surface area contributed by atoms with Crippen molar-refractivity contribution < 1.29 is 0 Å². The lowest BCUT2D eigenvalue weighted by molar-refractivity contribution is 0.190. The second kappa shape index (κ2) is 5.70. The minimum absolute atomic E-state index is 0.201. The van der Waals surface area contributed by atoms with Crippen LogP contribution in [-0.4, -0.2) is 40.1 Å². The molecule has 4 N–H and O–H groups in total. The van der Waals surface area contributed by atoms with Gasteiger partial charge in [-0.05, 0) is 33.7 Å². The zero-order valence-electron chi connectivity index (χ0n) is 12.3. The van der Waals surface area contributed by atoms with Gasteiger partial charge in [-0.2, -0.15) is 0 Å². The van der Waals surface area contributed by atoms with Gasteiger partial charge in [-0.1, -0.05) is 0 Å². The third-order valence-corrected chi connectivity index (χ3v) is 4.11. The lowest BCUT2D eigenvalue weighted by atomic mass is 9.99. The number of nitrogen functional groups attached to an aromatic ring is 1. The van der Waals surface area contributed by atoms with Gasteiger partial charge >= 0.3 is 5.69 Å². The highest BCUT2D eigenvalue weighted by molar-refractivity contribution is 5.60. The minimum Gasteiger partial charge on any atom is -0.383 e. The molecule has 2 atom stereocenters. The summed E-state index contributed by atoms with van der Waals surface area (Å²) in [5.74, 6) is 0.216. The molecule has 20 heavy (non-hydrogen) atoms. The zero-order valence-corrected chi connectivity index (χ0v) is 12.3. The van der Waals surface area contributed by atoms with E-state index in [0.717, 1.165) is 19.4 Å². The van der Waals surface area contributed by atoms with Gasteiger partial charge in [-0.3, -0.25) is 14.3 Å². The molecular weight excluding hydrogens is 258 g/mol. The molecule has 2 rings (SSSR count). The van der Waals surface area contributed by atoms with E-state index in [1.165, 1.54) is 4.57 Å². The number of aromatic nitrogens is 2. The largest absolute Gasteiger partial charge is 0.383 e. The molecule has 1 aliphatic rings. The quantitative estimate of drug-likeness (QED) is 0.726. The van der Waals surface area contributed by atoms with Crippen LogP contribution in [0.1, 0.15) is 26.7 Å². The van der Waals surface area contributed by atoms with Crippen molar-refractivity contribution >= 4 is 11.5 Å². The van der Waals surface area contributed by atoms with Crippen molar-refractivity contribution in [2.45, 2.75) is 45.3 Å². The lowest BCUT2D eigenvalue weighted by Gasteiger charge is -2.35. The van der Waals surface area contributed by atoms with Crippen molar-refractivity contribution in [3.63, 3.8) is 0 Å². The Balaban J connectivity index is 2.26. The molecule has 0 saturated carbocycles. The number of nitrogens with two attached hydrogens (primary N) is 1. The molecule has 0 spiro atoms. The number of nitrogens with one attached hydrogen (secondary N) is 2. The number of rotatable bonds is 3. The van der Waals surface area contributed by atoms with E-state index in [0.29, 0.717) is 18.3 Å². The van der Waals surface area contributed by atoms with Gasteiger partial charge in [0.1, 0.15) is 11.5 Å². The number of H-pyrrole nitrogens is 1. The second-order valence-electron chi connectivity index (χ2n) is 5.46. The molecule has 0 amide bonds. The van der Waals surface area contributed by atoms with Crippen molar-refractivity contribution in [1.82, 2.24) is 14.5 Å². The van der Waals surface area contributed by atoms with Gasteiger partial charge in [0, 0.05) is 25.2 Å². The number of likely N-dealkylation sites (tertiary alicyclic amines) is 1. The van der Waals surface area contributed by atoms with Crippen LogP contribution in [0.2, 0.25) is 0 Å². The van der Waals surface area contributed by atoms with E-state index in [2.05, 4.69) is 29.2 Å². The molecule has 0 aromatic carbocycles.